The molecule has 1 aliphatic rings. The second kappa shape index (κ2) is 6.18. The smallest absolute Gasteiger partial charge is 0.0581 e. The molecule has 1 unspecified atom stereocenters. The van der Waals surface area contributed by atoms with Crippen molar-refractivity contribution in [3.63, 3.8) is 0 Å². The minimum atomic E-state index is -0.232. The Balaban J connectivity index is 1.86. The van der Waals surface area contributed by atoms with Gasteiger partial charge in [0.2, 0.25) is 0 Å². The van der Waals surface area contributed by atoms with Crippen LogP contribution in [0.3, 0.4) is 0 Å². The lowest BCUT2D eigenvalue weighted by atomic mass is 10.0. The van der Waals surface area contributed by atoms with Crippen LogP contribution in [-0.4, -0.2) is 24.9 Å². The van der Waals surface area contributed by atoms with Crippen LogP contribution in [-0.2, 0) is 24.0 Å². The first-order valence-corrected chi connectivity index (χ1v) is 6.57. The molecular weight excluding hydrogens is 212 g/mol. The first-order valence-electron chi connectivity index (χ1n) is 6.57. The van der Waals surface area contributed by atoms with Crippen LogP contribution in [0.25, 0.3) is 0 Å². The lowest BCUT2D eigenvalue weighted by Crippen LogP contribution is -2.11. The zero-order valence-corrected chi connectivity index (χ0v) is 10.6. The average molecular weight is 234 g/mol. The fourth-order valence-corrected chi connectivity index (χ4v) is 2.59. The van der Waals surface area contributed by atoms with E-state index in [4.69, 9.17) is 4.74 Å². The molecule has 2 heteroatoms. The molecule has 0 radical (unpaired) electrons. The quantitative estimate of drug-likeness (QED) is 0.766. The van der Waals surface area contributed by atoms with Crippen molar-refractivity contribution < 1.29 is 9.84 Å². The third-order valence-corrected chi connectivity index (χ3v) is 3.52. The van der Waals surface area contributed by atoms with Crippen molar-refractivity contribution in [1.29, 1.82) is 0 Å². The fraction of sp³-hybridized carbons (Fsp3) is 0.600. The van der Waals surface area contributed by atoms with Crippen LogP contribution in [0, 0.1) is 0 Å². The van der Waals surface area contributed by atoms with Gasteiger partial charge in [0.05, 0.1) is 6.10 Å². The third-order valence-electron chi connectivity index (χ3n) is 3.52. The molecule has 1 atom stereocenters. The van der Waals surface area contributed by atoms with Crippen molar-refractivity contribution in [3.8, 4) is 0 Å². The van der Waals surface area contributed by atoms with Crippen molar-refractivity contribution >= 4 is 0 Å². The van der Waals surface area contributed by atoms with E-state index in [9.17, 15) is 5.11 Å². The molecular formula is C15H22O2. The Morgan fingerprint density at radius 2 is 2.12 bits per heavy atom. The number of rotatable bonds is 6. The Hall–Kier alpha value is -0.860. The van der Waals surface area contributed by atoms with Crippen LogP contribution >= 0.6 is 0 Å². The Bertz CT molecular complexity index is 360. The van der Waals surface area contributed by atoms with E-state index in [1.165, 1.54) is 36.0 Å². The van der Waals surface area contributed by atoms with E-state index in [1.807, 2.05) is 0 Å². The van der Waals surface area contributed by atoms with Crippen LogP contribution in [0.4, 0.5) is 0 Å². The lowest BCUT2D eigenvalue weighted by Gasteiger charge is -2.11. The minimum absolute atomic E-state index is 0.232. The van der Waals surface area contributed by atoms with Crippen molar-refractivity contribution in [1.82, 2.24) is 0 Å². The van der Waals surface area contributed by atoms with Crippen molar-refractivity contribution in [2.45, 2.75) is 44.6 Å². The SMILES string of the molecule is COCCCC(O)Cc1ccc2c(c1)CCC2. The highest BCUT2D eigenvalue weighted by Gasteiger charge is 2.12. The maximum Gasteiger partial charge on any atom is 0.0581 e. The largest absolute Gasteiger partial charge is 0.393 e. The van der Waals surface area contributed by atoms with Gasteiger partial charge in [0, 0.05) is 13.7 Å². The normalized spacial score (nSPS) is 15.9. The molecule has 1 N–H and O–H groups in total. The average Bonchev–Trinajstić information content (AvgIpc) is 2.76. The summed E-state index contributed by atoms with van der Waals surface area (Å²) in [5, 5.41) is 9.92. The molecule has 0 fully saturated rings. The first kappa shape index (κ1) is 12.6. The predicted octanol–water partition coefficient (Wildman–Crippen LogP) is 2.51. The van der Waals surface area contributed by atoms with Gasteiger partial charge in [-0.05, 0) is 55.2 Å². The summed E-state index contributed by atoms with van der Waals surface area (Å²) in [4.78, 5) is 0. The molecule has 1 aromatic carbocycles. The van der Waals surface area contributed by atoms with Crippen LogP contribution < -0.4 is 0 Å². The van der Waals surface area contributed by atoms with Gasteiger partial charge in [-0.3, -0.25) is 0 Å². The van der Waals surface area contributed by atoms with Gasteiger partial charge >= 0.3 is 0 Å². The zero-order valence-electron chi connectivity index (χ0n) is 10.6. The Kier molecular flexibility index (Phi) is 4.57. The van der Waals surface area contributed by atoms with E-state index in [-0.39, 0.29) is 6.10 Å². The Morgan fingerprint density at radius 3 is 2.94 bits per heavy atom. The summed E-state index contributed by atoms with van der Waals surface area (Å²) in [7, 11) is 1.70. The standard InChI is InChI=1S/C15H22O2/c1-17-9-3-6-15(16)11-12-7-8-13-4-2-5-14(13)10-12/h7-8,10,15-16H,2-6,9,11H2,1H3. The summed E-state index contributed by atoms with van der Waals surface area (Å²) >= 11 is 0. The van der Waals surface area contributed by atoms with Crippen LogP contribution in [0.1, 0.15) is 36.0 Å². The van der Waals surface area contributed by atoms with Crippen molar-refractivity contribution in [2.24, 2.45) is 0 Å². The molecule has 1 aromatic rings. The molecule has 2 nitrogen and oxygen atoms in total. The summed E-state index contributed by atoms with van der Waals surface area (Å²) in [6, 6.07) is 6.69. The van der Waals surface area contributed by atoms with Gasteiger partial charge in [-0.2, -0.15) is 0 Å². The Morgan fingerprint density at radius 1 is 1.29 bits per heavy atom. The number of aliphatic hydroxyl groups is 1. The third kappa shape index (κ3) is 3.55. The number of hydrogen-bond donors (Lipinski definition) is 1. The van der Waals surface area contributed by atoms with Crippen LogP contribution in [0.5, 0.6) is 0 Å². The predicted molar refractivity (Wildman–Crippen MR) is 69.3 cm³/mol. The van der Waals surface area contributed by atoms with E-state index in [0.29, 0.717) is 0 Å². The van der Waals surface area contributed by atoms with Crippen molar-refractivity contribution in [2.75, 3.05) is 13.7 Å². The number of methoxy groups -OCH3 is 1. The molecule has 0 bridgehead atoms. The molecule has 0 heterocycles. The van der Waals surface area contributed by atoms with Crippen LogP contribution in [0.15, 0.2) is 18.2 Å². The summed E-state index contributed by atoms with van der Waals surface area (Å²) < 4.78 is 4.99. The molecule has 0 saturated carbocycles. The molecule has 0 spiro atoms. The van der Waals surface area contributed by atoms with Gasteiger partial charge in [-0.1, -0.05) is 18.2 Å². The monoisotopic (exact) mass is 234 g/mol. The first-order chi connectivity index (χ1) is 8.29. The molecule has 0 saturated heterocycles. The van der Waals surface area contributed by atoms with Gasteiger partial charge in [0.25, 0.3) is 0 Å². The van der Waals surface area contributed by atoms with E-state index in [1.54, 1.807) is 7.11 Å². The molecule has 1 aliphatic carbocycles. The topological polar surface area (TPSA) is 29.5 Å². The number of ether oxygens (including phenoxy) is 1. The zero-order chi connectivity index (χ0) is 12.1. The minimum Gasteiger partial charge on any atom is -0.393 e. The summed E-state index contributed by atoms with van der Waals surface area (Å²) in [5.41, 5.74) is 4.27. The second-order valence-corrected chi connectivity index (χ2v) is 4.95. The summed E-state index contributed by atoms with van der Waals surface area (Å²) in [5.74, 6) is 0. The lowest BCUT2D eigenvalue weighted by molar-refractivity contribution is 0.135. The molecule has 0 aliphatic heterocycles. The van der Waals surface area contributed by atoms with E-state index >= 15 is 0 Å². The molecule has 2 rings (SSSR count). The highest BCUT2D eigenvalue weighted by Crippen LogP contribution is 2.23. The maximum atomic E-state index is 9.92. The number of benzene rings is 1. The number of hydrogen-bond acceptors (Lipinski definition) is 2. The van der Waals surface area contributed by atoms with Gasteiger partial charge in [-0.25, -0.2) is 0 Å². The number of aliphatic hydroxyl groups excluding tert-OH is 1. The maximum absolute atomic E-state index is 9.92. The number of fused-ring (bicyclic) bond motifs is 1. The van der Waals surface area contributed by atoms with Gasteiger partial charge in [-0.15, -0.1) is 0 Å². The van der Waals surface area contributed by atoms with E-state index in [0.717, 1.165) is 25.9 Å². The fourth-order valence-electron chi connectivity index (χ4n) is 2.59. The van der Waals surface area contributed by atoms with Gasteiger partial charge in [0.15, 0.2) is 0 Å². The molecule has 94 valence electrons. The summed E-state index contributed by atoms with van der Waals surface area (Å²) in [6.07, 6.45) is 6.03. The highest BCUT2D eigenvalue weighted by atomic mass is 16.5. The van der Waals surface area contributed by atoms with E-state index in [2.05, 4.69) is 18.2 Å². The molecule has 17 heavy (non-hydrogen) atoms. The molecule has 0 aromatic heterocycles. The number of aryl methyl sites for hydroxylation is 2. The Labute approximate surface area is 104 Å². The summed E-state index contributed by atoms with van der Waals surface area (Å²) in [6.45, 7) is 0.737. The molecule has 0 amide bonds. The van der Waals surface area contributed by atoms with Crippen LogP contribution in [0.2, 0.25) is 0 Å². The van der Waals surface area contributed by atoms with E-state index < -0.39 is 0 Å². The van der Waals surface area contributed by atoms with Gasteiger partial charge < -0.3 is 9.84 Å². The second-order valence-electron chi connectivity index (χ2n) is 4.95. The highest BCUT2D eigenvalue weighted by molar-refractivity contribution is 5.35. The van der Waals surface area contributed by atoms with Gasteiger partial charge in [0.1, 0.15) is 0 Å². The van der Waals surface area contributed by atoms with Crippen molar-refractivity contribution in [3.05, 3.63) is 34.9 Å².